The van der Waals surface area contributed by atoms with E-state index in [9.17, 15) is 12.8 Å². The van der Waals surface area contributed by atoms with E-state index >= 15 is 0 Å². The molecule has 0 radical (unpaired) electrons. The lowest BCUT2D eigenvalue weighted by atomic mass is 10.00. The number of rotatable bonds is 8. The Morgan fingerprint density at radius 3 is 2.72 bits per heavy atom. The molecular formula is C20H21ClFN3O3S. The van der Waals surface area contributed by atoms with Crippen molar-refractivity contribution in [2.45, 2.75) is 17.7 Å². The van der Waals surface area contributed by atoms with Crippen LogP contribution in [0.5, 0.6) is 0 Å². The molecule has 0 bridgehead atoms. The molecule has 1 aliphatic rings. The lowest BCUT2D eigenvalue weighted by Gasteiger charge is -2.39. The van der Waals surface area contributed by atoms with Gasteiger partial charge in [-0.15, -0.1) is 0 Å². The minimum Gasteiger partial charge on any atom is -0.356 e. The number of hydrogen-bond acceptors (Lipinski definition) is 5. The van der Waals surface area contributed by atoms with E-state index in [1.807, 2.05) is 0 Å². The van der Waals surface area contributed by atoms with E-state index < -0.39 is 10.0 Å². The first-order valence-corrected chi connectivity index (χ1v) is 11.3. The number of hydrogen-bond donors (Lipinski definition) is 1. The number of halogens is 2. The van der Waals surface area contributed by atoms with E-state index in [2.05, 4.69) is 14.8 Å². The van der Waals surface area contributed by atoms with Crippen LogP contribution < -0.4 is 4.72 Å². The zero-order valence-electron chi connectivity index (χ0n) is 15.6. The SMILES string of the molecule is O=S(=O)(NCC1CN(CCCc2noc3cc(F)ccc23)C1)c1ccc(Cl)cc1. The topological polar surface area (TPSA) is 75.4 Å². The molecule has 29 heavy (non-hydrogen) atoms. The predicted molar refractivity (Wildman–Crippen MR) is 109 cm³/mol. The molecule has 1 fully saturated rings. The molecule has 0 aliphatic carbocycles. The van der Waals surface area contributed by atoms with Crippen LogP contribution in [0.15, 0.2) is 51.9 Å². The summed E-state index contributed by atoms with van der Waals surface area (Å²) in [5.41, 5.74) is 1.31. The molecule has 0 amide bonds. The van der Waals surface area contributed by atoms with Crippen LogP contribution in [-0.2, 0) is 16.4 Å². The maximum Gasteiger partial charge on any atom is 0.240 e. The standard InChI is InChI=1S/C20H21ClFN3O3S/c21-15-3-6-17(7-4-15)29(26,27)23-11-14-12-25(13-14)9-1-2-19-18-8-5-16(22)10-20(18)28-24-19/h3-8,10,14,23H,1-2,9,11-13H2. The first-order chi connectivity index (χ1) is 13.9. The summed E-state index contributed by atoms with van der Waals surface area (Å²) in [6, 6.07) is 10.6. The van der Waals surface area contributed by atoms with Crippen molar-refractivity contribution >= 4 is 32.6 Å². The average molecular weight is 438 g/mol. The van der Waals surface area contributed by atoms with Crippen LogP contribution in [0.2, 0.25) is 5.02 Å². The molecule has 1 aliphatic heterocycles. The second kappa shape index (κ2) is 8.39. The van der Waals surface area contributed by atoms with E-state index in [1.165, 1.54) is 24.3 Å². The Balaban J connectivity index is 1.19. The molecular weight excluding hydrogens is 417 g/mol. The van der Waals surface area contributed by atoms with Crippen LogP contribution in [0, 0.1) is 11.7 Å². The minimum absolute atomic E-state index is 0.220. The summed E-state index contributed by atoms with van der Waals surface area (Å²) in [7, 11) is -3.51. The monoisotopic (exact) mass is 437 g/mol. The lowest BCUT2D eigenvalue weighted by Crippen LogP contribution is -2.51. The van der Waals surface area contributed by atoms with E-state index in [-0.39, 0.29) is 10.7 Å². The molecule has 9 heteroatoms. The highest BCUT2D eigenvalue weighted by Crippen LogP contribution is 2.22. The average Bonchev–Trinajstić information content (AvgIpc) is 3.05. The number of aromatic nitrogens is 1. The molecule has 6 nitrogen and oxygen atoms in total. The van der Waals surface area contributed by atoms with Crippen molar-refractivity contribution in [1.82, 2.24) is 14.8 Å². The molecule has 2 aromatic carbocycles. The molecule has 3 aromatic rings. The largest absolute Gasteiger partial charge is 0.356 e. The molecule has 1 saturated heterocycles. The molecule has 4 rings (SSSR count). The zero-order valence-corrected chi connectivity index (χ0v) is 17.2. The van der Waals surface area contributed by atoms with Gasteiger partial charge >= 0.3 is 0 Å². The fourth-order valence-electron chi connectivity index (χ4n) is 3.53. The number of sulfonamides is 1. The van der Waals surface area contributed by atoms with Crippen LogP contribution in [0.3, 0.4) is 0 Å². The Morgan fingerprint density at radius 1 is 1.21 bits per heavy atom. The van der Waals surface area contributed by atoms with Crippen molar-refractivity contribution in [3.63, 3.8) is 0 Å². The predicted octanol–water partition coefficient (Wildman–Crippen LogP) is 3.46. The number of aryl methyl sites for hydroxylation is 1. The van der Waals surface area contributed by atoms with Gasteiger partial charge in [-0.25, -0.2) is 17.5 Å². The third kappa shape index (κ3) is 4.78. The van der Waals surface area contributed by atoms with Crippen molar-refractivity contribution in [2.75, 3.05) is 26.2 Å². The molecule has 1 N–H and O–H groups in total. The maximum atomic E-state index is 13.2. The second-order valence-electron chi connectivity index (χ2n) is 7.30. The van der Waals surface area contributed by atoms with Gasteiger partial charge in [-0.05, 0) is 61.7 Å². The van der Waals surface area contributed by atoms with Crippen molar-refractivity contribution < 1.29 is 17.3 Å². The van der Waals surface area contributed by atoms with Crippen molar-refractivity contribution in [3.8, 4) is 0 Å². The van der Waals surface area contributed by atoms with Gasteiger partial charge in [0.1, 0.15) is 5.82 Å². The molecule has 2 heterocycles. The first kappa shape index (κ1) is 20.3. The van der Waals surface area contributed by atoms with E-state index in [0.29, 0.717) is 23.1 Å². The lowest BCUT2D eigenvalue weighted by molar-refractivity contribution is 0.102. The maximum absolute atomic E-state index is 13.2. The van der Waals surface area contributed by atoms with Gasteiger partial charge in [0.15, 0.2) is 5.58 Å². The molecule has 1 aromatic heterocycles. The number of benzene rings is 2. The Bertz CT molecular complexity index is 1100. The van der Waals surface area contributed by atoms with Gasteiger partial charge in [0, 0.05) is 36.1 Å². The van der Waals surface area contributed by atoms with Gasteiger partial charge in [-0.1, -0.05) is 16.8 Å². The summed E-state index contributed by atoms with van der Waals surface area (Å²) >= 11 is 5.80. The van der Waals surface area contributed by atoms with Crippen molar-refractivity contribution in [3.05, 3.63) is 59.0 Å². The summed E-state index contributed by atoms with van der Waals surface area (Å²) in [6.45, 7) is 3.03. The van der Waals surface area contributed by atoms with Crippen LogP contribution in [0.4, 0.5) is 4.39 Å². The van der Waals surface area contributed by atoms with E-state index in [1.54, 1.807) is 18.2 Å². The Hall–Kier alpha value is -2.00. The third-order valence-electron chi connectivity index (χ3n) is 5.12. The fourth-order valence-corrected chi connectivity index (χ4v) is 4.77. The summed E-state index contributed by atoms with van der Waals surface area (Å²) < 4.78 is 45.6. The molecule has 154 valence electrons. The van der Waals surface area contributed by atoms with Crippen molar-refractivity contribution in [2.24, 2.45) is 5.92 Å². The molecule has 0 atom stereocenters. The van der Waals surface area contributed by atoms with Gasteiger partial charge < -0.3 is 9.42 Å². The summed E-state index contributed by atoms with van der Waals surface area (Å²) in [5, 5.41) is 5.39. The fraction of sp³-hybridized carbons (Fsp3) is 0.350. The van der Waals surface area contributed by atoms with Gasteiger partial charge in [0.2, 0.25) is 10.0 Å². The Labute approximate surface area is 173 Å². The Morgan fingerprint density at radius 2 is 1.97 bits per heavy atom. The van der Waals surface area contributed by atoms with E-state index in [0.717, 1.165) is 43.6 Å². The van der Waals surface area contributed by atoms with Crippen LogP contribution in [0.25, 0.3) is 11.0 Å². The third-order valence-corrected chi connectivity index (χ3v) is 6.81. The number of fused-ring (bicyclic) bond motifs is 1. The Kier molecular flexibility index (Phi) is 5.87. The van der Waals surface area contributed by atoms with Crippen LogP contribution in [-0.4, -0.2) is 44.7 Å². The van der Waals surface area contributed by atoms with Gasteiger partial charge in [0.05, 0.1) is 10.6 Å². The highest BCUT2D eigenvalue weighted by atomic mass is 35.5. The molecule has 0 saturated carbocycles. The summed E-state index contributed by atoms with van der Waals surface area (Å²) in [5.74, 6) is -0.0357. The number of likely N-dealkylation sites (tertiary alicyclic amines) is 1. The van der Waals surface area contributed by atoms with Crippen LogP contribution in [0.1, 0.15) is 12.1 Å². The van der Waals surface area contributed by atoms with Gasteiger partial charge in [0.25, 0.3) is 0 Å². The second-order valence-corrected chi connectivity index (χ2v) is 9.51. The molecule has 0 unspecified atom stereocenters. The minimum atomic E-state index is -3.51. The van der Waals surface area contributed by atoms with Gasteiger partial charge in [-0.3, -0.25) is 0 Å². The normalized spacial score (nSPS) is 15.7. The van der Waals surface area contributed by atoms with Gasteiger partial charge in [-0.2, -0.15) is 0 Å². The smallest absolute Gasteiger partial charge is 0.240 e. The number of nitrogens with one attached hydrogen (secondary N) is 1. The number of nitrogens with zero attached hydrogens (tertiary/aromatic N) is 2. The first-order valence-electron chi connectivity index (χ1n) is 9.42. The quantitative estimate of drug-likeness (QED) is 0.584. The summed E-state index contributed by atoms with van der Waals surface area (Å²) in [4.78, 5) is 2.50. The summed E-state index contributed by atoms with van der Waals surface area (Å²) in [6.07, 6.45) is 1.66. The van der Waals surface area contributed by atoms with E-state index in [4.69, 9.17) is 16.1 Å². The van der Waals surface area contributed by atoms with Crippen LogP contribution >= 0.6 is 11.6 Å². The molecule has 0 spiro atoms. The highest BCUT2D eigenvalue weighted by Gasteiger charge is 2.27. The zero-order chi connectivity index (χ0) is 20.4. The highest BCUT2D eigenvalue weighted by molar-refractivity contribution is 7.89. The van der Waals surface area contributed by atoms with Crippen molar-refractivity contribution in [1.29, 1.82) is 0 Å².